The molecule has 0 radical (unpaired) electrons. The van der Waals surface area contributed by atoms with Crippen molar-refractivity contribution in [2.24, 2.45) is 0 Å². The number of rotatable bonds is 3. The van der Waals surface area contributed by atoms with E-state index in [2.05, 4.69) is 10.3 Å². The van der Waals surface area contributed by atoms with E-state index >= 15 is 0 Å². The van der Waals surface area contributed by atoms with Gasteiger partial charge in [-0.2, -0.15) is 0 Å². The predicted molar refractivity (Wildman–Crippen MR) is 91.9 cm³/mol. The minimum absolute atomic E-state index is 0.318. The number of nitrogens with two attached hydrogens (primary N) is 1. The van der Waals surface area contributed by atoms with E-state index in [-0.39, 0.29) is 0 Å². The standard InChI is InChI=1S/C18H23N3O2/c1-12-5-8-16(19)15(9-12)13-6-7-14(20-10-13)11-21-17(22)23-18(2,3)4/h5-10H,11,19H2,1-4H3,(H,21,22). The van der Waals surface area contributed by atoms with E-state index < -0.39 is 11.7 Å². The maximum atomic E-state index is 11.6. The van der Waals surface area contributed by atoms with Crippen LogP contribution in [0, 0.1) is 6.92 Å². The summed E-state index contributed by atoms with van der Waals surface area (Å²) >= 11 is 0. The smallest absolute Gasteiger partial charge is 0.407 e. The molecule has 0 unspecified atom stereocenters. The summed E-state index contributed by atoms with van der Waals surface area (Å²) in [6, 6.07) is 9.72. The molecular weight excluding hydrogens is 290 g/mol. The first-order valence-corrected chi connectivity index (χ1v) is 7.53. The number of benzene rings is 1. The molecule has 122 valence electrons. The maximum Gasteiger partial charge on any atom is 0.407 e. The van der Waals surface area contributed by atoms with Gasteiger partial charge in [0.1, 0.15) is 5.60 Å². The van der Waals surface area contributed by atoms with Crippen LogP contribution in [0.15, 0.2) is 36.5 Å². The molecule has 0 saturated carbocycles. The summed E-state index contributed by atoms with van der Waals surface area (Å²) in [5, 5.41) is 2.69. The number of ether oxygens (including phenoxy) is 1. The molecule has 0 aliphatic carbocycles. The lowest BCUT2D eigenvalue weighted by Gasteiger charge is -2.19. The summed E-state index contributed by atoms with van der Waals surface area (Å²) < 4.78 is 5.19. The molecule has 0 spiro atoms. The van der Waals surface area contributed by atoms with Crippen LogP contribution in [-0.4, -0.2) is 16.7 Å². The van der Waals surface area contributed by atoms with Gasteiger partial charge in [-0.3, -0.25) is 4.98 Å². The monoisotopic (exact) mass is 313 g/mol. The Morgan fingerprint density at radius 3 is 2.61 bits per heavy atom. The fraction of sp³-hybridized carbons (Fsp3) is 0.333. The number of anilines is 1. The summed E-state index contributed by atoms with van der Waals surface area (Å²) in [5.74, 6) is 0. The Morgan fingerprint density at radius 1 is 1.26 bits per heavy atom. The average Bonchev–Trinajstić information content (AvgIpc) is 2.46. The second-order valence-corrected chi connectivity index (χ2v) is 6.48. The van der Waals surface area contributed by atoms with E-state index in [1.54, 1.807) is 6.20 Å². The molecule has 0 aliphatic rings. The third-order valence-electron chi connectivity index (χ3n) is 3.16. The number of aryl methyl sites for hydroxylation is 1. The molecule has 2 rings (SSSR count). The van der Waals surface area contributed by atoms with Gasteiger partial charge in [0.25, 0.3) is 0 Å². The van der Waals surface area contributed by atoms with Gasteiger partial charge < -0.3 is 15.8 Å². The number of aromatic nitrogens is 1. The number of nitrogen functional groups attached to an aromatic ring is 1. The first kappa shape index (κ1) is 16.8. The zero-order valence-electron chi connectivity index (χ0n) is 14.0. The number of hydrogen-bond acceptors (Lipinski definition) is 4. The predicted octanol–water partition coefficient (Wildman–Crippen LogP) is 3.66. The Hall–Kier alpha value is -2.56. The zero-order chi connectivity index (χ0) is 17.0. The summed E-state index contributed by atoms with van der Waals surface area (Å²) in [5.41, 5.74) is 10.0. The highest BCUT2D eigenvalue weighted by Crippen LogP contribution is 2.26. The van der Waals surface area contributed by atoms with Crippen molar-refractivity contribution < 1.29 is 9.53 Å². The van der Waals surface area contributed by atoms with Crippen LogP contribution in [-0.2, 0) is 11.3 Å². The third-order valence-corrected chi connectivity index (χ3v) is 3.16. The molecule has 1 aromatic carbocycles. The number of hydrogen-bond donors (Lipinski definition) is 2. The molecule has 1 aromatic heterocycles. The largest absolute Gasteiger partial charge is 0.444 e. The Morgan fingerprint density at radius 2 is 2.00 bits per heavy atom. The quantitative estimate of drug-likeness (QED) is 0.848. The van der Waals surface area contributed by atoms with Crippen molar-refractivity contribution in [1.82, 2.24) is 10.3 Å². The molecule has 0 fully saturated rings. The highest BCUT2D eigenvalue weighted by molar-refractivity contribution is 5.76. The number of carbonyl (C=O) groups excluding carboxylic acids is 1. The van der Waals surface area contributed by atoms with E-state index in [9.17, 15) is 4.79 Å². The van der Waals surface area contributed by atoms with Gasteiger partial charge in [0, 0.05) is 23.0 Å². The van der Waals surface area contributed by atoms with Gasteiger partial charge in [-0.05, 0) is 45.9 Å². The molecule has 0 bridgehead atoms. The van der Waals surface area contributed by atoms with E-state index in [0.29, 0.717) is 6.54 Å². The van der Waals surface area contributed by atoms with Crippen molar-refractivity contribution in [3.8, 4) is 11.1 Å². The Kier molecular flexibility index (Phi) is 4.89. The van der Waals surface area contributed by atoms with Crippen LogP contribution in [0.2, 0.25) is 0 Å². The van der Waals surface area contributed by atoms with Gasteiger partial charge in [0.2, 0.25) is 0 Å². The van der Waals surface area contributed by atoms with Gasteiger partial charge in [0.15, 0.2) is 0 Å². The number of alkyl carbamates (subject to hydrolysis) is 1. The highest BCUT2D eigenvalue weighted by atomic mass is 16.6. The molecule has 3 N–H and O–H groups in total. The number of amides is 1. The summed E-state index contributed by atoms with van der Waals surface area (Å²) in [4.78, 5) is 16.0. The Labute approximate surface area is 136 Å². The molecule has 0 atom stereocenters. The summed E-state index contributed by atoms with van der Waals surface area (Å²) in [6.07, 6.45) is 1.31. The molecular formula is C18H23N3O2. The molecule has 5 heteroatoms. The van der Waals surface area contributed by atoms with E-state index in [0.717, 1.165) is 28.1 Å². The molecule has 5 nitrogen and oxygen atoms in total. The van der Waals surface area contributed by atoms with Gasteiger partial charge in [-0.15, -0.1) is 0 Å². The van der Waals surface area contributed by atoms with Gasteiger partial charge in [-0.1, -0.05) is 17.7 Å². The van der Waals surface area contributed by atoms with Gasteiger partial charge >= 0.3 is 6.09 Å². The SMILES string of the molecule is Cc1ccc(N)c(-c2ccc(CNC(=O)OC(C)(C)C)nc2)c1. The Balaban J connectivity index is 2.03. The molecule has 1 heterocycles. The third kappa shape index (κ3) is 4.98. The van der Waals surface area contributed by atoms with Crippen LogP contribution < -0.4 is 11.1 Å². The van der Waals surface area contributed by atoms with Crippen molar-refractivity contribution in [2.75, 3.05) is 5.73 Å². The molecule has 23 heavy (non-hydrogen) atoms. The lowest BCUT2D eigenvalue weighted by Crippen LogP contribution is -2.32. The molecule has 0 saturated heterocycles. The summed E-state index contributed by atoms with van der Waals surface area (Å²) in [7, 11) is 0. The van der Waals surface area contributed by atoms with Crippen LogP contribution in [0.4, 0.5) is 10.5 Å². The minimum atomic E-state index is -0.510. The van der Waals surface area contributed by atoms with E-state index in [1.807, 2.05) is 58.0 Å². The van der Waals surface area contributed by atoms with Gasteiger partial charge in [-0.25, -0.2) is 4.79 Å². The van der Waals surface area contributed by atoms with Crippen molar-refractivity contribution in [2.45, 2.75) is 39.8 Å². The normalized spacial score (nSPS) is 11.1. The Bertz CT molecular complexity index is 688. The lowest BCUT2D eigenvalue weighted by atomic mass is 10.0. The topological polar surface area (TPSA) is 77.2 Å². The second-order valence-electron chi connectivity index (χ2n) is 6.48. The number of carbonyl (C=O) groups is 1. The number of nitrogens with zero attached hydrogens (tertiary/aromatic N) is 1. The van der Waals surface area contributed by atoms with Crippen LogP contribution in [0.3, 0.4) is 0 Å². The van der Waals surface area contributed by atoms with E-state index in [1.165, 1.54) is 0 Å². The fourth-order valence-corrected chi connectivity index (χ4v) is 2.09. The van der Waals surface area contributed by atoms with Crippen molar-refractivity contribution in [3.63, 3.8) is 0 Å². The van der Waals surface area contributed by atoms with Crippen molar-refractivity contribution >= 4 is 11.8 Å². The minimum Gasteiger partial charge on any atom is -0.444 e. The number of pyridine rings is 1. The first-order valence-electron chi connectivity index (χ1n) is 7.53. The zero-order valence-corrected chi connectivity index (χ0v) is 14.0. The van der Waals surface area contributed by atoms with Crippen LogP contribution in [0.1, 0.15) is 32.0 Å². The van der Waals surface area contributed by atoms with Crippen LogP contribution >= 0.6 is 0 Å². The second kappa shape index (κ2) is 6.69. The van der Waals surface area contributed by atoms with E-state index in [4.69, 9.17) is 10.5 Å². The highest BCUT2D eigenvalue weighted by Gasteiger charge is 2.15. The lowest BCUT2D eigenvalue weighted by molar-refractivity contribution is 0.0523. The molecule has 2 aromatic rings. The van der Waals surface area contributed by atoms with Crippen LogP contribution in [0.5, 0.6) is 0 Å². The number of nitrogens with one attached hydrogen (secondary N) is 1. The molecule has 0 aliphatic heterocycles. The van der Waals surface area contributed by atoms with Crippen molar-refractivity contribution in [1.29, 1.82) is 0 Å². The maximum absolute atomic E-state index is 11.6. The van der Waals surface area contributed by atoms with Crippen molar-refractivity contribution in [3.05, 3.63) is 47.8 Å². The van der Waals surface area contributed by atoms with Crippen LogP contribution in [0.25, 0.3) is 11.1 Å². The van der Waals surface area contributed by atoms with Gasteiger partial charge in [0.05, 0.1) is 12.2 Å². The first-order chi connectivity index (χ1) is 10.7. The summed E-state index contributed by atoms with van der Waals surface area (Å²) in [6.45, 7) is 7.82. The fourth-order valence-electron chi connectivity index (χ4n) is 2.09. The average molecular weight is 313 g/mol. The molecule has 1 amide bonds.